The van der Waals surface area contributed by atoms with Crippen molar-refractivity contribution < 1.29 is 88.8 Å². The molecule has 0 aliphatic rings. The highest BCUT2D eigenvalue weighted by Gasteiger charge is 2.40. The molecule has 1 aromatic heterocycles. The Balaban J connectivity index is 0.0000572. The number of rotatable bonds is 64. The number of para-hydroxylation sites is 1. The highest BCUT2D eigenvalue weighted by atomic mass is 35.5. The monoisotopic (exact) mass is 1850 g/mol. The van der Waals surface area contributed by atoms with Crippen molar-refractivity contribution in [3.8, 4) is 0 Å². The number of halogens is 1. The second-order valence-electron chi connectivity index (χ2n) is 37.2. The largest absolute Gasteiger partial charge is 1.00 e. The van der Waals surface area contributed by atoms with Crippen molar-refractivity contribution in [3.05, 3.63) is 71.9 Å². The van der Waals surface area contributed by atoms with E-state index in [1.165, 1.54) is 6.92 Å². The number of carbonyl (C=O) groups is 15. The summed E-state index contributed by atoms with van der Waals surface area (Å²) in [6, 6.07) is -0.924. The molecule has 0 fully saturated rings. The van der Waals surface area contributed by atoms with E-state index >= 15 is 4.79 Å². The van der Waals surface area contributed by atoms with Crippen LogP contribution in [0.5, 0.6) is 0 Å². The number of aromatic amines is 1. The van der Waals surface area contributed by atoms with E-state index in [1.807, 2.05) is 87.0 Å². The SMILES string of the molecule is CC[C@H](C)[C@H](NC(=O)[C@H](CCCCN)NC(=O)[C@H](CCCCN)NC(=O)[C@H](Cc1ccccc1)NC(=O)[C@H](CC(C)C)NC(=O)[C@H](CCCCN)NC(=O)[C@H](Cc1c[nH]c2ccccc12)NC(=O)[C@@H](N)CCCCN)C(=O)NCC(=O)N[C@@H](C)C(=O)N[C@H](C(=O)N[C@@H](CC(C)C)C(=O)N[C@@H](CCCC[N+](C)(C)C)C(=O)N[C@H](C(=O)N[C@@H](CC(C)C)C(N)=O)C(C)C)C(C)C.[Cl-]. The normalized spacial score (nSPS) is 15.0. The average Bonchev–Trinajstić information content (AvgIpc) is 1.66. The minimum Gasteiger partial charge on any atom is -1.00 e. The molecule has 0 aliphatic carbocycles. The molecular formula is C92H159ClN22O15. The number of hydrogen-bond donors (Lipinski definition) is 21. The first kappa shape index (κ1) is 116. The zero-order valence-corrected chi connectivity index (χ0v) is 80.6. The number of benzene rings is 2. The summed E-state index contributed by atoms with van der Waals surface area (Å²) < 4.78 is 0.641. The summed E-state index contributed by atoms with van der Waals surface area (Å²) in [4.78, 5) is 217. The lowest BCUT2D eigenvalue weighted by atomic mass is 9.97. The lowest BCUT2D eigenvalue weighted by Crippen LogP contribution is -3.00. The third-order valence-electron chi connectivity index (χ3n) is 22.4. The van der Waals surface area contributed by atoms with Gasteiger partial charge in [-0.25, -0.2) is 0 Å². The van der Waals surface area contributed by atoms with Crippen molar-refractivity contribution in [2.75, 3.05) is 60.4 Å². The molecule has 3 rings (SSSR count). The Labute approximate surface area is 775 Å². The fourth-order valence-corrected chi connectivity index (χ4v) is 14.7. The number of nitrogens with two attached hydrogens (primary N) is 6. The van der Waals surface area contributed by atoms with Gasteiger partial charge in [-0.1, -0.05) is 144 Å². The second-order valence-corrected chi connectivity index (χ2v) is 37.2. The minimum absolute atomic E-state index is 0. The summed E-state index contributed by atoms with van der Waals surface area (Å²) in [7, 11) is 6.07. The summed E-state index contributed by atoms with van der Waals surface area (Å²) in [5.74, 6) is -13.0. The van der Waals surface area contributed by atoms with Crippen LogP contribution in [0, 0.1) is 35.5 Å². The number of carbonyl (C=O) groups excluding carboxylic acids is 15. The zero-order chi connectivity index (χ0) is 96.8. The summed E-state index contributed by atoms with van der Waals surface area (Å²) in [5.41, 5.74) is 37.6. The van der Waals surface area contributed by atoms with Crippen LogP contribution in [-0.2, 0) is 84.8 Å². The molecule has 37 nitrogen and oxygen atoms in total. The fraction of sp³-hybridized carbons (Fsp3) is 0.685. The Kier molecular flexibility index (Phi) is 54.4. The summed E-state index contributed by atoms with van der Waals surface area (Å²) in [6.07, 6.45) is 7.80. The highest BCUT2D eigenvalue weighted by Crippen LogP contribution is 2.22. The molecule has 0 bridgehead atoms. The number of unbranched alkanes of at least 4 members (excludes halogenated alkanes) is 5. The number of fused-ring (bicyclic) bond motifs is 1. The van der Waals surface area contributed by atoms with Gasteiger partial charge in [0, 0.05) is 29.9 Å². The van der Waals surface area contributed by atoms with Crippen molar-refractivity contribution in [2.24, 2.45) is 69.9 Å². The first-order valence-electron chi connectivity index (χ1n) is 46.3. The number of nitrogens with one attached hydrogen (secondary N) is 15. The summed E-state index contributed by atoms with van der Waals surface area (Å²) >= 11 is 0. The molecule has 0 spiro atoms. The standard InChI is InChI=1S/C92H158N22O15.ClH/c1-17-59(12)78(90(127)100-53-75(115)101-60(13)80(117)111-76(57(8)9)92(129)110-72(49-56(6)7)86(123)105-69(41-27-32-46-114(14,15)16)84(121)112-77(58(10)11)91(128)106-70(79(98)116)47-54(2)3)113-85(122)68(40-26-31-45-96)102-82(119)66(38-24-29-43-94)103-88(125)73(50-61-33-19-18-20-34-61)109-87(124)71(48-55(4)5)108-83(120)67(39-25-30-44-95)104-89(126)74(107-81(118)64(97)36-23-28-42-93)51-62-52-99-65-37-22-21-35-63(62)65;/h18-22,33-35,37,52,54-60,64,66-74,76-78,99H,17,23-32,36,38-51,53,93-97H2,1-16H3,(H15-,98,100,101,102,103,104,105,106,107,108,109,110,111,112,113,115,116,117,118,119,120,121,122,123,124,125,126,127,128,129);1H/t59-,60-,64-,66-,67-,68-,69-,70-,71-,72-,73-,74-,76-,77-,78-;/m0./s1. The number of aromatic nitrogens is 1. The van der Waals surface area contributed by atoms with E-state index in [-0.39, 0.29) is 108 Å². The van der Waals surface area contributed by atoms with Gasteiger partial charge in [0.2, 0.25) is 88.6 Å². The van der Waals surface area contributed by atoms with Gasteiger partial charge in [-0.2, -0.15) is 0 Å². The summed E-state index contributed by atoms with van der Waals surface area (Å²) in [6.45, 7) is 23.9. The number of nitrogens with zero attached hydrogens (tertiary/aromatic N) is 1. The molecule has 0 saturated heterocycles. The van der Waals surface area contributed by atoms with E-state index in [9.17, 15) is 67.1 Å². The molecule has 0 saturated carbocycles. The maximum Gasteiger partial charge on any atom is 0.243 e. The molecule has 27 N–H and O–H groups in total. The smallest absolute Gasteiger partial charge is 0.243 e. The Morgan fingerprint density at radius 2 is 0.723 bits per heavy atom. The molecule has 1 heterocycles. The average molecular weight is 1850 g/mol. The molecule has 0 aliphatic heterocycles. The molecule has 0 unspecified atom stereocenters. The molecule has 38 heteroatoms. The minimum atomic E-state index is -1.39. The van der Waals surface area contributed by atoms with E-state index in [4.69, 9.17) is 34.4 Å². The number of quaternary nitrogens is 1. The van der Waals surface area contributed by atoms with Crippen molar-refractivity contribution in [2.45, 2.75) is 309 Å². The van der Waals surface area contributed by atoms with Crippen molar-refractivity contribution in [1.82, 2.24) is 79.4 Å². The van der Waals surface area contributed by atoms with Gasteiger partial charge >= 0.3 is 0 Å². The van der Waals surface area contributed by atoms with Crippen LogP contribution in [0.2, 0.25) is 0 Å². The number of H-pyrrole nitrogens is 1. The Hall–Kier alpha value is -9.92. The van der Waals surface area contributed by atoms with Gasteiger partial charge in [-0.05, 0) is 195 Å². The van der Waals surface area contributed by atoms with Gasteiger partial charge in [-0.15, -0.1) is 0 Å². The van der Waals surface area contributed by atoms with Crippen molar-refractivity contribution in [1.29, 1.82) is 0 Å². The topological polar surface area (TPSA) is 596 Å². The third kappa shape index (κ3) is 43.4. The zero-order valence-electron chi connectivity index (χ0n) is 79.8. The van der Waals surface area contributed by atoms with Crippen LogP contribution >= 0.6 is 0 Å². The van der Waals surface area contributed by atoms with Crippen molar-refractivity contribution in [3.63, 3.8) is 0 Å². The second kappa shape index (κ2) is 60.9. The third-order valence-corrected chi connectivity index (χ3v) is 22.4. The Bertz CT molecular complexity index is 4030. The number of amides is 15. The first-order valence-corrected chi connectivity index (χ1v) is 46.3. The molecule has 734 valence electrons. The molecule has 15 atom stereocenters. The van der Waals surface area contributed by atoms with Crippen LogP contribution < -0.4 is 121 Å². The molecule has 2 aromatic carbocycles. The molecular weight excluding hydrogens is 1690 g/mol. The predicted octanol–water partition coefficient (Wildman–Crippen LogP) is -1.90. The number of hydrogen-bond acceptors (Lipinski definition) is 20. The van der Waals surface area contributed by atoms with E-state index in [1.54, 1.807) is 78.1 Å². The van der Waals surface area contributed by atoms with Gasteiger partial charge in [0.1, 0.15) is 78.5 Å². The lowest BCUT2D eigenvalue weighted by Gasteiger charge is -2.30. The fourth-order valence-electron chi connectivity index (χ4n) is 14.7. The molecule has 3 aromatic rings. The summed E-state index contributed by atoms with van der Waals surface area (Å²) in [5, 5.41) is 39.5. The Morgan fingerprint density at radius 1 is 0.369 bits per heavy atom. The molecule has 130 heavy (non-hydrogen) atoms. The van der Waals surface area contributed by atoms with E-state index in [0.717, 1.165) is 17.4 Å². The maximum atomic E-state index is 15.0. The Morgan fingerprint density at radius 3 is 1.15 bits per heavy atom. The number of primary amides is 1. The van der Waals surface area contributed by atoms with Gasteiger partial charge in [0.05, 0.1) is 40.3 Å². The van der Waals surface area contributed by atoms with Gasteiger partial charge < -0.3 is 131 Å². The van der Waals surface area contributed by atoms with Crippen LogP contribution in [0.3, 0.4) is 0 Å². The van der Waals surface area contributed by atoms with Gasteiger partial charge in [0.25, 0.3) is 0 Å². The molecule has 15 amide bonds. The van der Waals surface area contributed by atoms with Gasteiger partial charge in [-0.3, -0.25) is 71.9 Å². The van der Waals surface area contributed by atoms with E-state index in [2.05, 4.69) is 79.4 Å². The maximum absolute atomic E-state index is 15.0. The predicted molar refractivity (Wildman–Crippen MR) is 499 cm³/mol. The first-order chi connectivity index (χ1) is 60.9. The van der Waals surface area contributed by atoms with Crippen LogP contribution in [0.1, 0.15) is 223 Å². The van der Waals surface area contributed by atoms with Crippen LogP contribution in [0.25, 0.3) is 10.9 Å². The van der Waals surface area contributed by atoms with Crippen molar-refractivity contribution >= 4 is 99.5 Å². The lowest BCUT2D eigenvalue weighted by molar-refractivity contribution is -0.870. The van der Waals surface area contributed by atoms with Crippen LogP contribution in [0.15, 0.2) is 60.8 Å². The van der Waals surface area contributed by atoms with Gasteiger partial charge in [0.15, 0.2) is 0 Å². The van der Waals surface area contributed by atoms with Crippen LogP contribution in [-0.4, -0.2) is 243 Å². The quantitative estimate of drug-likeness (QED) is 0.0217. The molecule has 0 radical (unpaired) electrons. The van der Waals surface area contributed by atoms with Crippen LogP contribution in [0.4, 0.5) is 0 Å². The van der Waals surface area contributed by atoms with E-state index < -0.39 is 197 Å². The highest BCUT2D eigenvalue weighted by molar-refractivity contribution is 6.01. The van der Waals surface area contributed by atoms with E-state index in [0.29, 0.717) is 99.2 Å².